The molecule has 0 bridgehead atoms. The van der Waals surface area contributed by atoms with Crippen molar-refractivity contribution in [2.75, 3.05) is 27.3 Å². The molecule has 1 aromatic rings. The van der Waals surface area contributed by atoms with E-state index in [-0.39, 0.29) is 12.4 Å². The van der Waals surface area contributed by atoms with Crippen molar-refractivity contribution in [3.05, 3.63) is 11.7 Å². The van der Waals surface area contributed by atoms with E-state index >= 15 is 0 Å². The quantitative estimate of drug-likeness (QED) is 0.818. The molecule has 0 spiro atoms. The molecule has 1 heterocycles. The smallest absolute Gasteiger partial charge is 0.240 e. The molecule has 0 aliphatic heterocycles. The van der Waals surface area contributed by atoms with Gasteiger partial charge in [0, 0.05) is 13.7 Å². The van der Waals surface area contributed by atoms with Crippen LogP contribution in [0.3, 0.4) is 0 Å². The predicted molar refractivity (Wildman–Crippen MR) is 67.0 cm³/mol. The molecule has 0 saturated carbocycles. The molecule has 1 aromatic heterocycles. The van der Waals surface area contributed by atoms with Gasteiger partial charge in [0.25, 0.3) is 0 Å². The molecule has 17 heavy (non-hydrogen) atoms. The van der Waals surface area contributed by atoms with Gasteiger partial charge in [0.2, 0.25) is 5.89 Å². The van der Waals surface area contributed by atoms with Gasteiger partial charge in [-0.3, -0.25) is 4.90 Å². The zero-order chi connectivity index (χ0) is 12.2. The topological polar surface area (TPSA) is 77.4 Å². The first-order chi connectivity index (χ1) is 7.43. The number of nitrogens with two attached hydrogens (primary N) is 1. The summed E-state index contributed by atoms with van der Waals surface area (Å²) in [6.45, 7) is 5.79. The zero-order valence-corrected chi connectivity index (χ0v) is 11.6. The van der Waals surface area contributed by atoms with Crippen LogP contribution >= 0.6 is 12.4 Å². The van der Waals surface area contributed by atoms with Crippen LogP contribution in [0.25, 0.3) is 0 Å². The molecule has 0 unspecified atom stereocenters. The molecule has 0 radical (unpaired) electrons. The van der Waals surface area contributed by atoms with Gasteiger partial charge < -0.3 is 15.0 Å². The third-order valence-corrected chi connectivity index (χ3v) is 2.13. The lowest BCUT2D eigenvalue weighted by molar-refractivity contribution is 0.152. The number of nitrogens with zero attached hydrogens (tertiary/aromatic N) is 3. The minimum Gasteiger partial charge on any atom is -0.383 e. The monoisotopic (exact) mass is 264 g/mol. The van der Waals surface area contributed by atoms with Crippen LogP contribution in [0, 0.1) is 0 Å². The number of hydrogen-bond acceptors (Lipinski definition) is 6. The van der Waals surface area contributed by atoms with Gasteiger partial charge in [-0.1, -0.05) is 5.16 Å². The highest BCUT2D eigenvalue weighted by molar-refractivity contribution is 5.85. The fourth-order valence-electron chi connectivity index (χ4n) is 1.14. The Morgan fingerprint density at radius 2 is 2.12 bits per heavy atom. The van der Waals surface area contributed by atoms with Gasteiger partial charge in [-0.05, 0) is 20.9 Å². The molecule has 0 aromatic carbocycles. The lowest BCUT2D eigenvalue weighted by Gasteiger charge is -2.13. The van der Waals surface area contributed by atoms with Gasteiger partial charge >= 0.3 is 0 Å². The fourth-order valence-corrected chi connectivity index (χ4v) is 1.14. The van der Waals surface area contributed by atoms with E-state index in [1.165, 1.54) is 0 Å². The molecule has 0 saturated heterocycles. The van der Waals surface area contributed by atoms with Gasteiger partial charge in [0.05, 0.1) is 18.7 Å². The summed E-state index contributed by atoms with van der Waals surface area (Å²) in [6.07, 6.45) is 0. The third-order valence-electron chi connectivity index (χ3n) is 2.13. The second-order valence-corrected chi connectivity index (χ2v) is 4.46. The Bertz CT molecular complexity index is 324. The molecule has 6 nitrogen and oxygen atoms in total. The van der Waals surface area contributed by atoms with E-state index in [2.05, 4.69) is 10.1 Å². The summed E-state index contributed by atoms with van der Waals surface area (Å²) in [7, 11) is 3.64. The van der Waals surface area contributed by atoms with Crippen molar-refractivity contribution in [2.45, 2.75) is 25.9 Å². The zero-order valence-electron chi connectivity index (χ0n) is 10.8. The van der Waals surface area contributed by atoms with Crippen molar-refractivity contribution < 1.29 is 9.26 Å². The van der Waals surface area contributed by atoms with E-state index in [0.29, 0.717) is 24.9 Å². The van der Waals surface area contributed by atoms with Gasteiger partial charge in [-0.15, -0.1) is 12.4 Å². The summed E-state index contributed by atoms with van der Waals surface area (Å²) in [5, 5.41) is 3.85. The van der Waals surface area contributed by atoms with Gasteiger partial charge in [0.1, 0.15) is 0 Å². The third kappa shape index (κ3) is 5.45. The molecular formula is C10H21ClN4O2. The van der Waals surface area contributed by atoms with Crippen LogP contribution in [-0.2, 0) is 16.8 Å². The number of aromatic nitrogens is 2. The van der Waals surface area contributed by atoms with Crippen LogP contribution in [0.4, 0.5) is 0 Å². The van der Waals surface area contributed by atoms with Crippen molar-refractivity contribution in [1.82, 2.24) is 15.0 Å². The van der Waals surface area contributed by atoms with Crippen molar-refractivity contribution in [3.8, 4) is 0 Å². The Labute approximate surface area is 108 Å². The normalized spacial score (nSPS) is 11.6. The van der Waals surface area contributed by atoms with Crippen LogP contribution in [0.5, 0.6) is 0 Å². The van der Waals surface area contributed by atoms with Gasteiger partial charge in [-0.2, -0.15) is 4.98 Å². The standard InChI is InChI=1S/C10H20N4O2.ClH/c1-10(2,11)9-12-8(16-13-9)7-14(3)5-6-15-4;/h5-7,11H2,1-4H3;1H. The first kappa shape index (κ1) is 16.3. The molecule has 0 fully saturated rings. The number of likely N-dealkylation sites (N-methyl/N-ethyl adjacent to an activating group) is 1. The molecule has 2 N–H and O–H groups in total. The lowest BCUT2D eigenvalue weighted by Crippen LogP contribution is -2.30. The van der Waals surface area contributed by atoms with E-state index < -0.39 is 5.54 Å². The van der Waals surface area contributed by atoms with Crippen LogP contribution < -0.4 is 5.73 Å². The molecule has 0 atom stereocenters. The highest BCUT2D eigenvalue weighted by Gasteiger charge is 2.21. The van der Waals surface area contributed by atoms with Gasteiger partial charge in [0.15, 0.2) is 5.82 Å². The highest BCUT2D eigenvalue weighted by atomic mass is 35.5. The molecule has 100 valence electrons. The van der Waals surface area contributed by atoms with Crippen molar-refractivity contribution in [1.29, 1.82) is 0 Å². The van der Waals surface area contributed by atoms with E-state index in [4.69, 9.17) is 15.0 Å². The summed E-state index contributed by atoms with van der Waals surface area (Å²) >= 11 is 0. The Balaban J connectivity index is 0.00000256. The molecular weight excluding hydrogens is 244 g/mol. The Morgan fingerprint density at radius 3 is 2.59 bits per heavy atom. The fraction of sp³-hybridized carbons (Fsp3) is 0.800. The average molecular weight is 265 g/mol. The van der Waals surface area contributed by atoms with Crippen LogP contribution in [-0.4, -0.2) is 42.3 Å². The maximum absolute atomic E-state index is 5.86. The maximum atomic E-state index is 5.86. The number of rotatable bonds is 6. The predicted octanol–water partition coefficient (Wildman–Crippen LogP) is 0.763. The molecule has 0 amide bonds. The van der Waals surface area contributed by atoms with Crippen molar-refractivity contribution in [2.24, 2.45) is 5.73 Å². The van der Waals surface area contributed by atoms with E-state index in [0.717, 1.165) is 6.54 Å². The van der Waals surface area contributed by atoms with E-state index in [1.54, 1.807) is 7.11 Å². The minimum absolute atomic E-state index is 0. The molecule has 7 heteroatoms. The number of ether oxygens (including phenoxy) is 1. The number of hydrogen-bond donors (Lipinski definition) is 1. The second-order valence-electron chi connectivity index (χ2n) is 4.46. The first-order valence-electron chi connectivity index (χ1n) is 5.23. The Kier molecular flexibility index (Phi) is 6.62. The van der Waals surface area contributed by atoms with Crippen LogP contribution in [0.15, 0.2) is 4.52 Å². The summed E-state index contributed by atoms with van der Waals surface area (Å²) in [4.78, 5) is 6.29. The average Bonchev–Trinajstić information content (AvgIpc) is 2.62. The van der Waals surface area contributed by atoms with Gasteiger partial charge in [-0.25, -0.2) is 0 Å². The minimum atomic E-state index is -0.563. The molecule has 0 aliphatic rings. The summed E-state index contributed by atoms with van der Waals surface area (Å²) in [6, 6.07) is 0. The van der Waals surface area contributed by atoms with Crippen LogP contribution in [0.2, 0.25) is 0 Å². The SMILES string of the molecule is COCCN(C)Cc1nc(C(C)(C)N)no1.Cl. The van der Waals surface area contributed by atoms with Crippen LogP contribution in [0.1, 0.15) is 25.6 Å². The Morgan fingerprint density at radius 1 is 1.47 bits per heavy atom. The summed E-state index contributed by atoms with van der Waals surface area (Å²) in [5.74, 6) is 1.11. The highest BCUT2D eigenvalue weighted by Crippen LogP contribution is 2.13. The van der Waals surface area contributed by atoms with Crippen molar-refractivity contribution in [3.63, 3.8) is 0 Å². The lowest BCUT2D eigenvalue weighted by atomic mass is 10.1. The number of halogens is 1. The van der Waals surface area contributed by atoms with E-state index in [9.17, 15) is 0 Å². The molecule has 0 aliphatic carbocycles. The first-order valence-corrected chi connectivity index (χ1v) is 5.23. The summed E-state index contributed by atoms with van der Waals surface area (Å²) in [5.41, 5.74) is 5.30. The van der Waals surface area contributed by atoms with E-state index in [1.807, 2.05) is 25.8 Å². The summed E-state index contributed by atoms with van der Waals surface area (Å²) < 4.78 is 10.1. The van der Waals surface area contributed by atoms with Crippen molar-refractivity contribution >= 4 is 12.4 Å². The Hall–Kier alpha value is -0.690. The second kappa shape index (κ2) is 6.90. The largest absolute Gasteiger partial charge is 0.383 e. The number of methoxy groups -OCH3 is 1. The molecule has 1 rings (SSSR count). The maximum Gasteiger partial charge on any atom is 0.240 e.